The smallest absolute Gasteiger partial charge is 0.145 e. The normalized spacial score (nSPS) is 11.2. The number of rotatable bonds is 5. The molecular weight excluding hydrogens is 235 g/mol. The van der Waals surface area contributed by atoms with Gasteiger partial charge in [0.2, 0.25) is 0 Å². The first-order valence-corrected chi connectivity index (χ1v) is 6.66. The third-order valence-corrected chi connectivity index (χ3v) is 3.87. The van der Waals surface area contributed by atoms with Crippen molar-refractivity contribution in [1.82, 2.24) is 5.32 Å². The molecule has 0 spiro atoms. The number of nitrogens with one attached hydrogen (secondary N) is 1. The predicted molar refractivity (Wildman–Crippen MR) is 70.4 cm³/mol. The molecule has 1 rings (SSSR count). The molecule has 0 radical (unpaired) electrons. The molecule has 0 amide bonds. The topological polar surface area (TPSA) is 35.8 Å². The fraction of sp³-hybridized carbons (Fsp3) is 0.462. The van der Waals surface area contributed by atoms with Gasteiger partial charge in [-0.15, -0.1) is 0 Å². The van der Waals surface area contributed by atoms with Crippen LogP contribution in [0.4, 0.5) is 4.39 Å². The van der Waals surface area contributed by atoms with E-state index >= 15 is 0 Å². The van der Waals surface area contributed by atoms with Crippen LogP contribution in [0.5, 0.6) is 0 Å². The molecule has 0 atom stereocenters. The highest BCUT2D eigenvalue weighted by molar-refractivity contribution is 7.99. The van der Waals surface area contributed by atoms with Crippen LogP contribution in [0.1, 0.15) is 25.0 Å². The minimum atomic E-state index is -0.413. The molecule has 0 aliphatic heterocycles. The minimum absolute atomic E-state index is 0.105. The summed E-state index contributed by atoms with van der Waals surface area (Å²) in [6.45, 7) is 5.51. The second kappa shape index (κ2) is 6.04. The molecule has 0 bridgehead atoms. The van der Waals surface area contributed by atoms with E-state index in [1.165, 1.54) is 6.07 Å². The Hall–Kier alpha value is -1.05. The molecule has 17 heavy (non-hydrogen) atoms. The number of halogens is 1. The number of benzene rings is 1. The van der Waals surface area contributed by atoms with Crippen LogP contribution in [-0.4, -0.2) is 17.5 Å². The Morgan fingerprint density at radius 1 is 1.47 bits per heavy atom. The Bertz CT molecular complexity index is 424. The van der Waals surface area contributed by atoms with Gasteiger partial charge in [-0.3, -0.25) is 0 Å². The number of thioether (sulfide) groups is 1. The standard InChI is InChI=1S/C13H17FN2S/c1-13(2,17-3)9-16-8-11-6-4-5-10(7-15)12(11)14/h4-6,16H,8-9H2,1-3H3. The molecule has 0 fully saturated rings. The van der Waals surface area contributed by atoms with Crippen LogP contribution in [0.2, 0.25) is 0 Å². The van der Waals surface area contributed by atoms with E-state index in [9.17, 15) is 4.39 Å². The summed E-state index contributed by atoms with van der Waals surface area (Å²) < 4.78 is 13.8. The van der Waals surface area contributed by atoms with Crippen molar-refractivity contribution < 1.29 is 4.39 Å². The summed E-state index contributed by atoms with van der Waals surface area (Å²) >= 11 is 1.77. The van der Waals surface area contributed by atoms with Crippen LogP contribution in [0.25, 0.3) is 0 Å². The number of nitrogens with zero attached hydrogens (tertiary/aromatic N) is 1. The summed E-state index contributed by atoms with van der Waals surface area (Å²) in [5.74, 6) is -0.413. The van der Waals surface area contributed by atoms with Gasteiger partial charge in [0.05, 0.1) is 5.56 Å². The monoisotopic (exact) mass is 252 g/mol. The van der Waals surface area contributed by atoms with E-state index in [-0.39, 0.29) is 10.3 Å². The SMILES string of the molecule is CSC(C)(C)CNCc1cccc(C#N)c1F. The first-order chi connectivity index (χ1) is 8.00. The summed E-state index contributed by atoms with van der Waals surface area (Å²) in [4.78, 5) is 0. The quantitative estimate of drug-likeness (QED) is 0.875. The Balaban J connectivity index is 2.62. The average molecular weight is 252 g/mol. The zero-order chi connectivity index (χ0) is 12.9. The van der Waals surface area contributed by atoms with Gasteiger partial charge >= 0.3 is 0 Å². The van der Waals surface area contributed by atoms with E-state index in [0.29, 0.717) is 12.1 Å². The molecule has 0 saturated heterocycles. The van der Waals surface area contributed by atoms with Crippen molar-refractivity contribution in [1.29, 1.82) is 5.26 Å². The summed E-state index contributed by atoms with van der Waals surface area (Å²) in [5.41, 5.74) is 0.648. The molecule has 0 unspecified atom stereocenters. The second-order valence-corrected chi connectivity index (χ2v) is 5.97. The van der Waals surface area contributed by atoms with Crippen LogP contribution >= 0.6 is 11.8 Å². The lowest BCUT2D eigenvalue weighted by Crippen LogP contribution is -2.31. The maximum absolute atomic E-state index is 13.7. The van der Waals surface area contributed by atoms with E-state index in [1.807, 2.05) is 6.07 Å². The summed E-state index contributed by atoms with van der Waals surface area (Å²) in [6.07, 6.45) is 2.05. The third kappa shape index (κ3) is 4.03. The molecule has 0 aromatic heterocycles. The maximum Gasteiger partial charge on any atom is 0.145 e. The molecule has 0 aliphatic rings. The third-order valence-electron chi connectivity index (χ3n) is 2.62. The molecule has 1 N–H and O–H groups in total. The number of nitriles is 1. The highest BCUT2D eigenvalue weighted by Crippen LogP contribution is 2.20. The van der Waals surface area contributed by atoms with Crippen LogP contribution in [0.15, 0.2) is 18.2 Å². The van der Waals surface area contributed by atoms with Crippen molar-refractivity contribution in [3.05, 3.63) is 35.1 Å². The maximum atomic E-state index is 13.7. The van der Waals surface area contributed by atoms with Crippen molar-refractivity contribution in [3.63, 3.8) is 0 Å². The lowest BCUT2D eigenvalue weighted by Gasteiger charge is -2.22. The highest BCUT2D eigenvalue weighted by Gasteiger charge is 2.15. The molecule has 0 saturated carbocycles. The Kier molecular flexibility index (Phi) is 4.98. The van der Waals surface area contributed by atoms with E-state index < -0.39 is 5.82 Å². The van der Waals surface area contributed by atoms with Gasteiger partial charge in [0, 0.05) is 23.4 Å². The van der Waals surface area contributed by atoms with Crippen molar-refractivity contribution in [2.24, 2.45) is 0 Å². The van der Waals surface area contributed by atoms with Gasteiger partial charge in [-0.25, -0.2) is 4.39 Å². The van der Waals surface area contributed by atoms with E-state index in [1.54, 1.807) is 23.9 Å². The first-order valence-electron chi connectivity index (χ1n) is 5.43. The van der Waals surface area contributed by atoms with Gasteiger partial charge in [0.15, 0.2) is 0 Å². The number of hydrogen-bond acceptors (Lipinski definition) is 3. The van der Waals surface area contributed by atoms with E-state index in [2.05, 4.69) is 25.4 Å². The largest absolute Gasteiger partial charge is 0.311 e. The fourth-order valence-electron chi connectivity index (χ4n) is 1.37. The molecule has 2 nitrogen and oxygen atoms in total. The fourth-order valence-corrected chi connectivity index (χ4v) is 1.62. The second-order valence-electron chi connectivity index (χ2n) is 4.46. The molecule has 1 aromatic carbocycles. The van der Waals surface area contributed by atoms with Crippen molar-refractivity contribution in [3.8, 4) is 6.07 Å². The Morgan fingerprint density at radius 2 is 2.18 bits per heavy atom. The van der Waals surface area contributed by atoms with Gasteiger partial charge in [-0.1, -0.05) is 12.1 Å². The van der Waals surface area contributed by atoms with Gasteiger partial charge in [-0.2, -0.15) is 17.0 Å². The van der Waals surface area contributed by atoms with Crippen molar-refractivity contribution in [2.45, 2.75) is 25.1 Å². The summed E-state index contributed by atoms with van der Waals surface area (Å²) in [7, 11) is 0. The molecule has 92 valence electrons. The van der Waals surface area contributed by atoms with Crippen LogP contribution < -0.4 is 5.32 Å². The van der Waals surface area contributed by atoms with Gasteiger partial charge in [0.1, 0.15) is 11.9 Å². The highest BCUT2D eigenvalue weighted by atomic mass is 32.2. The van der Waals surface area contributed by atoms with E-state index in [4.69, 9.17) is 5.26 Å². The zero-order valence-electron chi connectivity index (χ0n) is 10.4. The predicted octanol–water partition coefficient (Wildman–Crippen LogP) is 2.93. The number of hydrogen-bond donors (Lipinski definition) is 1. The lowest BCUT2D eigenvalue weighted by atomic mass is 10.1. The van der Waals surface area contributed by atoms with Crippen molar-refractivity contribution >= 4 is 11.8 Å². The van der Waals surface area contributed by atoms with Crippen LogP contribution in [0.3, 0.4) is 0 Å². The van der Waals surface area contributed by atoms with Gasteiger partial charge in [0.25, 0.3) is 0 Å². The first kappa shape index (κ1) is 14.0. The van der Waals surface area contributed by atoms with Gasteiger partial charge in [-0.05, 0) is 26.2 Å². The van der Waals surface area contributed by atoms with Crippen molar-refractivity contribution in [2.75, 3.05) is 12.8 Å². The summed E-state index contributed by atoms with van der Waals surface area (Å²) in [6, 6.07) is 6.75. The van der Waals surface area contributed by atoms with E-state index in [0.717, 1.165) is 6.54 Å². The summed E-state index contributed by atoms with van der Waals surface area (Å²) in [5, 5.41) is 11.9. The molecular formula is C13H17FN2S. The van der Waals surface area contributed by atoms with Crippen LogP contribution in [0, 0.1) is 17.1 Å². The molecule has 1 aromatic rings. The average Bonchev–Trinajstić information content (AvgIpc) is 2.31. The zero-order valence-corrected chi connectivity index (χ0v) is 11.2. The lowest BCUT2D eigenvalue weighted by molar-refractivity contribution is 0.558. The molecule has 4 heteroatoms. The Labute approximate surface area is 106 Å². The minimum Gasteiger partial charge on any atom is -0.311 e. The Morgan fingerprint density at radius 3 is 2.76 bits per heavy atom. The molecule has 0 heterocycles. The molecule has 0 aliphatic carbocycles. The van der Waals surface area contributed by atoms with Crippen LogP contribution in [-0.2, 0) is 6.54 Å². The van der Waals surface area contributed by atoms with Gasteiger partial charge < -0.3 is 5.32 Å².